The van der Waals surface area contributed by atoms with E-state index >= 15 is 0 Å². The fraction of sp³-hybridized carbons (Fsp3) is 0.533. The molecule has 1 rings (SSSR count). The third kappa shape index (κ3) is 3.53. The molecular formula is C15H22FNO2. The number of benzene rings is 1. The molecule has 0 bridgehead atoms. The van der Waals surface area contributed by atoms with Crippen LogP contribution in [-0.2, 0) is 10.2 Å². The third-order valence-electron chi connectivity index (χ3n) is 3.63. The Morgan fingerprint density at radius 2 is 2.00 bits per heavy atom. The lowest BCUT2D eigenvalue weighted by atomic mass is 9.73. The lowest BCUT2D eigenvalue weighted by Crippen LogP contribution is -2.44. The van der Waals surface area contributed by atoms with Crippen molar-refractivity contribution in [3.63, 3.8) is 0 Å². The number of carbonyl (C=O) groups is 1. The number of carboxylic acid groups (broad SMARTS) is 1. The van der Waals surface area contributed by atoms with Gasteiger partial charge in [0.1, 0.15) is 11.2 Å². The second-order valence-corrected chi connectivity index (χ2v) is 5.20. The Labute approximate surface area is 113 Å². The lowest BCUT2D eigenvalue weighted by Gasteiger charge is -2.31. The van der Waals surface area contributed by atoms with E-state index in [0.717, 1.165) is 12.8 Å². The van der Waals surface area contributed by atoms with Crippen molar-refractivity contribution in [2.75, 3.05) is 6.54 Å². The van der Waals surface area contributed by atoms with Crippen LogP contribution in [0.15, 0.2) is 24.3 Å². The van der Waals surface area contributed by atoms with E-state index in [4.69, 9.17) is 5.73 Å². The average Bonchev–Trinajstić information content (AvgIpc) is 2.37. The van der Waals surface area contributed by atoms with Crippen molar-refractivity contribution in [2.45, 2.75) is 38.5 Å². The SMILES string of the molecule is CCCC(C)CC(CN)(C(=O)O)c1ccc(F)cc1. The summed E-state index contributed by atoms with van der Waals surface area (Å²) in [5, 5.41) is 9.59. The zero-order valence-corrected chi connectivity index (χ0v) is 11.5. The molecule has 1 aromatic carbocycles. The maximum Gasteiger partial charge on any atom is 0.315 e. The van der Waals surface area contributed by atoms with Gasteiger partial charge in [0.05, 0.1) is 0 Å². The smallest absolute Gasteiger partial charge is 0.315 e. The van der Waals surface area contributed by atoms with Gasteiger partial charge in [-0.3, -0.25) is 4.79 Å². The van der Waals surface area contributed by atoms with E-state index in [1.807, 2.05) is 6.92 Å². The summed E-state index contributed by atoms with van der Waals surface area (Å²) < 4.78 is 13.0. The summed E-state index contributed by atoms with van der Waals surface area (Å²) in [5.74, 6) is -1.05. The lowest BCUT2D eigenvalue weighted by molar-refractivity contribution is -0.144. The van der Waals surface area contributed by atoms with E-state index in [-0.39, 0.29) is 18.3 Å². The Hall–Kier alpha value is -1.42. The van der Waals surface area contributed by atoms with Crippen LogP contribution in [0.3, 0.4) is 0 Å². The molecule has 106 valence electrons. The van der Waals surface area contributed by atoms with Crippen LogP contribution in [0.25, 0.3) is 0 Å². The molecule has 4 heteroatoms. The van der Waals surface area contributed by atoms with Gasteiger partial charge in [0, 0.05) is 6.54 Å². The number of rotatable bonds is 7. The highest BCUT2D eigenvalue weighted by Crippen LogP contribution is 2.32. The van der Waals surface area contributed by atoms with E-state index < -0.39 is 11.4 Å². The first-order valence-electron chi connectivity index (χ1n) is 6.65. The summed E-state index contributed by atoms with van der Waals surface area (Å²) in [4.78, 5) is 11.7. The van der Waals surface area contributed by atoms with Crippen LogP contribution in [0, 0.1) is 11.7 Å². The fourth-order valence-electron chi connectivity index (χ4n) is 2.58. The number of halogens is 1. The second kappa shape index (κ2) is 6.66. The molecule has 0 aliphatic rings. The molecular weight excluding hydrogens is 245 g/mol. The van der Waals surface area contributed by atoms with Crippen LogP contribution in [-0.4, -0.2) is 17.6 Å². The molecule has 0 spiro atoms. The van der Waals surface area contributed by atoms with Gasteiger partial charge in [-0.2, -0.15) is 0 Å². The molecule has 2 unspecified atom stereocenters. The van der Waals surface area contributed by atoms with Crippen molar-refractivity contribution in [3.05, 3.63) is 35.6 Å². The van der Waals surface area contributed by atoms with Crippen LogP contribution in [0.2, 0.25) is 0 Å². The molecule has 0 saturated carbocycles. The molecule has 0 fully saturated rings. The first kappa shape index (κ1) is 15.6. The van der Waals surface area contributed by atoms with Gasteiger partial charge in [0.15, 0.2) is 0 Å². The quantitative estimate of drug-likeness (QED) is 0.798. The largest absolute Gasteiger partial charge is 0.481 e. The topological polar surface area (TPSA) is 63.3 Å². The van der Waals surface area contributed by atoms with Gasteiger partial charge in [-0.05, 0) is 30.0 Å². The van der Waals surface area contributed by atoms with Crippen LogP contribution in [0.1, 0.15) is 38.7 Å². The molecule has 0 saturated heterocycles. The van der Waals surface area contributed by atoms with E-state index in [2.05, 4.69) is 6.92 Å². The summed E-state index contributed by atoms with van der Waals surface area (Å²) in [7, 11) is 0. The summed E-state index contributed by atoms with van der Waals surface area (Å²) in [6, 6.07) is 5.62. The highest BCUT2D eigenvalue weighted by atomic mass is 19.1. The molecule has 0 amide bonds. The molecule has 0 heterocycles. The number of aliphatic carboxylic acids is 1. The number of hydrogen-bond acceptors (Lipinski definition) is 2. The highest BCUT2D eigenvalue weighted by molar-refractivity contribution is 5.81. The van der Waals surface area contributed by atoms with Crippen molar-refractivity contribution in [1.82, 2.24) is 0 Å². The third-order valence-corrected chi connectivity index (χ3v) is 3.63. The molecule has 0 radical (unpaired) electrons. The zero-order valence-electron chi connectivity index (χ0n) is 11.5. The maximum atomic E-state index is 13.0. The van der Waals surface area contributed by atoms with E-state index in [9.17, 15) is 14.3 Å². The van der Waals surface area contributed by atoms with Gasteiger partial charge in [0.2, 0.25) is 0 Å². The molecule has 3 nitrogen and oxygen atoms in total. The van der Waals surface area contributed by atoms with E-state index in [0.29, 0.717) is 12.0 Å². The van der Waals surface area contributed by atoms with Crippen LogP contribution in [0.4, 0.5) is 4.39 Å². The first-order valence-corrected chi connectivity index (χ1v) is 6.65. The zero-order chi connectivity index (χ0) is 14.5. The Balaban J connectivity index is 3.11. The number of carboxylic acids is 1. The van der Waals surface area contributed by atoms with Crippen molar-refractivity contribution < 1.29 is 14.3 Å². The predicted octanol–water partition coefficient (Wildman–Crippen LogP) is 2.93. The van der Waals surface area contributed by atoms with Gasteiger partial charge in [-0.15, -0.1) is 0 Å². The molecule has 19 heavy (non-hydrogen) atoms. The molecule has 3 N–H and O–H groups in total. The van der Waals surface area contributed by atoms with E-state index in [1.54, 1.807) is 0 Å². The summed E-state index contributed by atoms with van der Waals surface area (Å²) in [6.45, 7) is 4.11. The van der Waals surface area contributed by atoms with Gasteiger partial charge in [0.25, 0.3) is 0 Å². The van der Waals surface area contributed by atoms with Crippen molar-refractivity contribution in [2.24, 2.45) is 11.7 Å². The highest BCUT2D eigenvalue weighted by Gasteiger charge is 2.40. The average molecular weight is 267 g/mol. The minimum Gasteiger partial charge on any atom is -0.481 e. The number of hydrogen-bond donors (Lipinski definition) is 2. The van der Waals surface area contributed by atoms with Crippen molar-refractivity contribution >= 4 is 5.97 Å². The maximum absolute atomic E-state index is 13.0. The molecule has 0 aromatic heterocycles. The summed E-state index contributed by atoms with van der Waals surface area (Å²) in [5.41, 5.74) is 5.20. The number of nitrogens with two attached hydrogens (primary N) is 1. The Bertz CT molecular complexity index is 419. The van der Waals surface area contributed by atoms with Crippen LogP contribution in [0.5, 0.6) is 0 Å². The van der Waals surface area contributed by atoms with Crippen LogP contribution < -0.4 is 5.73 Å². The second-order valence-electron chi connectivity index (χ2n) is 5.20. The van der Waals surface area contributed by atoms with Crippen LogP contribution >= 0.6 is 0 Å². The molecule has 0 aliphatic heterocycles. The Morgan fingerprint density at radius 3 is 2.42 bits per heavy atom. The Morgan fingerprint density at radius 1 is 1.42 bits per heavy atom. The normalized spacial score (nSPS) is 15.8. The van der Waals surface area contributed by atoms with Gasteiger partial charge >= 0.3 is 5.97 Å². The standard InChI is InChI=1S/C15H22FNO2/c1-3-4-11(2)9-15(10-17,14(18)19)12-5-7-13(16)8-6-12/h5-8,11H,3-4,9-10,17H2,1-2H3,(H,18,19). The fourth-order valence-corrected chi connectivity index (χ4v) is 2.58. The van der Waals surface area contributed by atoms with Crippen molar-refractivity contribution in [1.29, 1.82) is 0 Å². The van der Waals surface area contributed by atoms with Gasteiger partial charge in [-0.1, -0.05) is 38.8 Å². The van der Waals surface area contributed by atoms with Crippen molar-refractivity contribution in [3.8, 4) is 0 Å². The predicted molar refractivity (Wildman–Crippen MR) is 73.5 cm³/mol. The van der Waals surface area contributed by atoms with Gasteiger partial charge < -0.3 is 10.8 Å². The minimum absolute atomic E-state index is 0.0159. The monoisotopic (exact) mass is 267 g/mol. The summed E-state index contributed by atoms with van der Waals surface area (Å²) in [6.07, 6.45) is 2.43. The summed E-state index contributed by atoms with van der Waals surface area (Å²) >= 11 is 0. The van der Waals surface area contributed by atoms with E-state index in [1.165, 1.54) is 24.3 Å². The minimum atomic E-state index is -1.12. The first-order chi connectivity index (χ1) is 8.96. The Kier molecular flexibility index (Phi) is 5.48. The molecule has 1 aromatic rings. The molecule has 2 atom stereocenters. The van der Waals surface area contributed by atoms with Gasteiger partial charge in [-0.25, -0.2) is 4.39 Å². The molecule has 0 aliphatic carbocycles.